The summed E-state index contributed by atoms with van der Waals surface area (Å²) in [6.07, 6.45) is 0. The molecule has 0 spiro atoms. The highest BCUT2D eigenvalue weighted by molar-refractivity contribution is 8.00. The summed E-state index contributed by atoms with van der Waals surface area (Å²) in [6.45, 7) is 6.66. The third-order valence-corrected chi connectivity index (χ3v) is 7.45. The number of halogens is 1. The van der Waals surface area contributed by atoms with Gasteiger partial charge in [0.15, 0.2) is 0 Å². The molecule has 0 saturated heterocycles. The summed E-state index contributed by atoms with van der Waals surface area (Å²) in [5.74, 6) is 0.415. The van der Waals surface area contributed by atoms with E-state index in [1.807, 2.05) is 30.3 Å². The minimum absolute atomic E-state index is 0.118. The van der Waals surface area contributed by atoms with Gasteiger partial charge < -0.3 is 14.8 Å². The quantitative estimate of drug-likeness (QED) is 0.430. The third-order valence-electron chi connectivity index (χ3n) is 6.20. The van der Waals surface area contributed by atoms with Gasteiger partial charge in [0.1, 0.15) is 23.9 Å². The molecule has 202 valence electrons. The molecule has 2 aromatic carbocycles. The number of rotatable bonds is 8. The fourth-order valence-electron chi connectivity index (χ4n) is 4.40. The molecule has 2 heterocycles. The third kappa shape index (κ3) is 5.86. The lowest BCUT2D eigenvalue weighted by Crippen LogP contribution is -2.43. The molecule has 1 atom stereocenters. The molecule has 1 N–H and O–H groups in total. The van der Waals surface area contributed by atoms with Crippen molar-refractivity contribution in [1.29, 1.82) is 0 Å². The van der Waals surface area contributed by atoms with Crippen molar-refractivity contribution in [3.8, 4) is 11.4 Å². The number of carbonyl (C=O) groups excluding carboxylic acids is 2. The summed E-state index contributed by atoms with van der Waals surface area (Å²) in [4.78, 5) is 28.0. The number of carbonyl (C=O) groups is 2. The van der Waals surface area contributed by atoms with E-state index >= 15 is 0 Å². The Balaban J connectivity index is 1.95. The van der Waals surface area contributed by atoms with Crippen molar-refractivity contribution in [3.63, 3.8) is 0 Å². The number of hydrogen-bond donors (Lipinski definition) is 1. The highest BCUT2D eigenvalue weighted by atomic mass is 32.2. The lowest BCUT2D eigenvalue weighted by molar-refractivity contribution is -0.123. The van der Waals surface area contributed by atoms with E-state index in [2.05, 4.69) is 26.1 Å². The molecule has 0 bridgehead atoms. The number of nitrogens with one attached hydrogen (secondary N) is 1. The Bertz CT molecular complexity index is 1300. The molecule has 4 rings (SSSR count). The van der Waals surface area contributed by atoms with Gasteiger partial charge in [-0.3, -0.25) is 14.5 Å². The molecule has 38 heavy (non-hydrogen) atoms. The van der Waals surface area contributed by atoms with E-state index < -0.39 is 5.41 Å². The zero-order valence-corrected chi connectivity index (χ0v) is 23.1. The van der Waals surface area contributed by atoms with Gasteiger partial charge in [0, 0.05) is 24.6 Å². The van der Waals surface area contributed by atoms with Gasteiger partial charge in [0.2, 0.25) is 11.8 Å². The Kier molecular flexibility index (Phi) is 8.42. The SMILES string of the molecule is COCCNC(=O)CN1C(=O)CS[C@@H](c2cccc(F)c2)c2c(C(C)(C)C)nn(-c3ccc(OC)cc3)c21. The number of aromatic nitrogens is 2. The molecule has 0 unspecified atom stereocenters. The second-order valence-corrected chi connectivity index (χ2v) is 11.1. The Morgan fingerprint density at radius 2 is 1.92 bits per heavy atom. The van der Waals surface area contributed by atoms with Crippen molar-refractivity contribution in [2.75, 3.05) is 44.6 Å². The summed E-state index contributed by atoms with van der Waals surface area (Å²) in [7, 11) is 3.15. The van der Waals surface area contributed by atoms with Gasteiger partial charge in [-0.25, -0.2) is 9.07 Å². The van der Waals surface area contributed by atoms with Crippen LogP contribution in [0.2, 0.25) is 0 Å². The van der Waals surface area contributed by atoms with Crippen molar-refractivity contribution in [1.82, 2.24) is 15.1 Å². The van der Waals surface area contributed by atoms with Gasteiger partial charge >= 0.3 is 0 Å². The number of thioether (sulfide) groups is 1. The monoisotopic (exact) mass is 540 g/mol. The maximum absolute atomic E-state index is 14.4. The average molecular weight is 541 g/mol. The smallest absolute Gasteiger partial charge is 0.240 e. The predicted octanol–water partition coefficient (Wildman–Crippen LogP) is 4.25. The van der Waals surface area contributed by atoms with E-state index in [-0.39, 0.29) is 35.2 Å². The highest BCUT2D eigenvalue weighted by Gasteiger charge is 2.40. The standard InChI is InChI=1S/C28H33FN4O4S/c1-28(2,3)26-24-25(18-7-6-8-19(29)15-18)38-17-23(35)32(16-22(34)30-13-14-36-4)27(24)33(31-26)20-9-11-21(37-5)12-10-20/h6-12,15,25H,13-14,16-17H2,1-5H3,(H,30,34)/t25-/m0/s1. The van der Waals surface area contributed by atoms with Crippen LogP contribution < -0.4 is 15.0 Å². The topological polar surface area (TPSA) is 85.7 Å². The van der Waals surface area contributed by atoms with Crippen molar-refractivity contribution >= 4 is 29.4 Å². The van der Waals surface area contributed by atoms with E-state index in [9.17, 15) is 14.0 Å². The molecule has 0 radical (unpaired) electrons. The van der Waals surface area contributed by atoms with Crippen LogP contribution >= 0.6 is 11.8 Å². The van der Waals surface area contributed by atoms with Gasteiger partial charge in [0.05, 0.1) is 36.1 Å². The predicted molar refractivity (Wildman–Crippen MR) is 147 cm³/mol. The summed E-state index contributed by atoms with van der Waals surface area (Å²) in [6, 6.07) is 13.8. The van der Waals surface area contributed by atoms with Gasteiger partial charge in [-0.2, -0.15) is 5.10 Å². The number of anilines is 1. The number of amides is 2. The molecule has 0 fully saturated rings. The lowest BCUT2D eigenvalue weighted by atomic mass is 9.87. The van der Waals surface area contributed by atoms with Crippen molar-refractivity contribution < 1.29 is 23.5 Å². The fraction of sp³-hybridized carbons (Fsp3) is 0.393. The first-order valence-electron chi connectivity index (χ1n) is 12.3. The summed E-state index contributed by atoms with van der Waals surface area (Å²) >= 11 is 1.41. The van der Waals surface area contributed by atoms with E-state index in [1.165, 1.54) is 28.8 Å². The van der Waals surface area contributed by atoms with Crippen LogP contribution in [0.25, 0.3) is 5.69 Å². The van der Waals surface area contributed by atoms with Crippen molar-refractivity contribution in [2.24, 2.45) is 0 Å². The van der Waals surface area contributed by atoms with Crippen LogP contribution in [-0.4, -0.2) is 61.3 Å². The van der Waals surface area contributed by atoms with Gasteiger partial charge in [-0.15, -0.1) is 11.8 Å². The molecule has 2 amide bonds. The van der Waals surface area contributed by atoms with Crippen molar-refractivity contribution in [3.05, 3.63) is 71.2 Å². The molecule has 0 aliphatic carbocycles. The summed E-state index contributed by atoms with van der Waals surface area (Å²) < 4.78 is 26.4. The molecular weight excluding hydrogens is 507 g/mol. The molecule has 1 aromatic heterocycles. The van der Waals surface area contributed by atoms with Crippen LogP contribution in [0.4, 0.5) is 10.2 Å². The Hall–Kier alpha value is -3.37. The molecule has 3 aromatic rings. The zero-order valence-electron chi connectivity index (χ0n) is 22.3. The van der Waals surface area contributed by atoms with Gasteiger partial charge in [-0.05, 0) is 42.0 Å². The van der Waals surface area contributed by atoms with Crippen LogP contribution in [-0.2, 0) is 19.7 Å². The Morgan fingerprint density at radius 1 is 1.18 bits per heavy atom. The lowest BCUT2D eigenvalue weighted by Gasteiger charge is -2.24. The van der Waals surface area contributed by atoms with E-state index in [4.69, 9.17) is 14.6 Å². The minimum Gasteiger partial charge on any atom is -0.497 e. The van der Waals surface area contributed by atoms with Crippen LogP contribution in [0.3, 0.4) is 0 Å². The fourth-order valence-corrected chi connectivity index (χ4v) is 5.59. The normalized spacial score (nSPS) is 15.7. The molecule has 0 saturated carbocycles. The van der Waals surface area contributed by atoms with Gasteiger partial charge in [0.25, 0.3) is 0 Å². The number of ether oxygens (including phenoxy) is 2. The first-order chi connectivity index (χ1) is 18.1. The Labute approximate surface area is 226 Å². The minimum atomic E-state index is -0.409. The maximum atomic E-state index is 14.4. The molecule has 1 aliphatic heterocycles. The summed E-state index contributed by atoms with van der Waals surface area (Å²) in [5.41, 5.74) is 2.59. The largest absolute Gasteiger partial charge is 0.497 e. The highest BCUT2D eigenvalue weighted by Crippen LogP contribution is 2.48. The number of benzene rings is 2. The maximum Gasteiger partial charge on any atom is 0.240 e. The molecular formula is C28H33FN4O4S. The number of methoxy groups -OCH3 is 2. The first kappa shape index (κ1) is 27.7. The second kappa shape index (κ2) is 11.6. The van der Waals surface area contributed by atoms with Gasteiger partial charge in [-0.1, -0.05) is 32.9 Å². The van der Waals surface area contributed by atoms with E-state index in [0.29, 0.717) is 30.4 Å². The number of nitrogens with zero attached hydrogens (tertiary/aromatic N) is 3. The van der Waals surface area contributed by atoms with E-state index in [0.717, 1.165) is 16.8 Å². The second-order valence-electron chi connectivity index (χ2n) is 10.0. The number of hydrogen-bond acceptors (Lipinski definition) is 6. The zero-order chi connectivity index (χ0) is 27.4. The molecule has 8 nitrogen and oxygen atoms in total. The molecule has 1 aliphatic rings. The number of fused-ring (bicyclic) bond motifs is 1. The van der Waals surface area contributed by atoms with E-state index in [1.54, 1.807) is 25.0 Å². The first-order valence-corrected chi connectivity index (χ1v) is 13.4. The average Bonchev–Trinajstić information content (AvgIpc) is 3.22. The molecule has 10 heteroatoms. The van der Waals surface area contributed by atoms with Crippen LogP contribution in [0.15, 0.2) is 48.5 Å². The van der Waals surface area contributed by atoms with Crippen LogP contribution in [0.1, 0.15) is 42.8 Å². The van der Waals surface area contributed by atoms with Crippen LogP contribution in [0.5, 0.6) is 5.75 Å². The van der Waals surface area contributed by atoms with Crippen molar-refractivity contribution in [2.45, 2.75) is 31.4 Å². The Morgan fingerprint density at radius 3 is 2.55 bits per heavy atom. The van der Waals surface area contributed by atoms with Crippen LogP contribution in [0, 0.1) is 5.82 Å². The summed E-state index contributed by atoms with van der Waals surface area (Å²) in [5, 5.41) is 7.46.